The minimum atomic E-state index is -0.957. The summed E-state index contributed by atoms with van der Waals surface area (Å²) >= 11 is 16.1. The number of hydrazine groups is 1. The van der Waals surface area contributed by atoms with E-state index in [0.29, 0.717) is 13.4 Å². The Morgan fingerprint density at radius 3 is 2.58 bits per heavy atom. The van der Waals surface area contributed by atoms with E-state index in [1.54, 1.807) is 18.2 Å². The lowest BCUT2D eigenvalue weighted by molar-refractivity contribution is 0.0917. The second-order valence-corrected chi connectivity index (χ2v) is 9.09. The molecule has 0 radical (unpaired) electrons. The van der Waals surface area contributed by atoms with Gasteiger partial charge in [-0.2, -0.15) is 0 Å². The van der Waals surface area contributed by atoms with Crippen LogP contribution in [0, 0.1) is 12.3 Å². The van der Waals surface area contributed by atoms with Crippen molar-refractivity contribution in [1.82, 2.24) is 15.8 Å². The number of amides is 4. The minimum absolute atomic E-state index is 0.00526. The number of carbonyl (C=O) groups excluding carboxylic acids is 3. The number of allylic oxidation sites excluding steroid dienone is 2. The van der Waals surface area contributed by atoms with Gasteiger partial charge in [0.2, 0.25) is 0 Å². The van der Waals surface area contributed by atoms with Gasteiger partial charge >= 0.3 is 12.1 Å². The smallest absolute Gasteiger partial charge is 0.427 e. The molecule has 1 aromatic heterocycles. The first-order chi connectivity index (χ1) is 17.2. The van der Waals surface area contributed by atoms with Gasteiger partial charge < -0.3 is 10.1 Å². The van der Waals surface area contributed by atoms with Gasteiger partial charge in [-0.25, -0.2) is 20.0 Å². The standard InChI is InChI=1S/C21H15Br3ClN5O4.C2H6/c1-3-8-34-21(33)29-28-19(31)14-9-13(23)10-15(24)17(14)27-20(32)30(11-12(22)4-2)18-16(25)6-5-7-26-18;1-2/h1,4-7,9-11H,2,8H2,(H,27,32)(H,28,31)(H,29,33);1-2H3/b12-11+;. The number of urea groups is 1. The average molecular weight is 707 g/mol. The van der Waals surface area contributed by atoms with Gasteiger partial charge in [0, 0.05) is 25.8 Å². The summed E-state index contributed by atoms with van der Waals surface area (Å²) in [7, 11) is 0. The first kappa shape index (κ1) is 31.2. The Morgan fingerprint density at radius 1 is 1.28 bits per heavy atom. The van der Waals surface area contributed by atoms with Gasteiger partial charge in [0.15, 0.2) is 12.4 Å². The summed E-state index contributed by atoms with van der Waals surface area (Å²) in [5, 5.41) is 2.86. The first-order valence-electron chi connectivity index (χ1n) is 10.0. The molecule has 0 atom stereocenters. The number of anilines is 2. The van der Waals surface area contributed by atoms with Crippen molar-refractivity contribution in [1.29, 1.82) is 0 Å². The van der Waals surface area contributed by atoms with E-state index in [-0.39, 0.29) is 28.7 Å². The van der Waals surface area contributed by atoms with E-state index in [0.717, 1.165) is 4.90 Å². The normalized spacial score (nSPS) is 10.1. The van der Waals surface area contributed by atoms with E-state index < -0.39 is 18.0 Å². The van der Waals surface area contributed by atoms with E-state index in [1.165, 1.54) is 24.5 Å². The van der Waals surface area contributed by atoms with Crippen LogP contribution in [0.15, 0.2) is 62.7 Å². The number of rotatable bonds is 6. The number of hydrogen-bond acceptors (Lipinski definition) is 5. The number of aromatic nitrogens is 1. The molecular weight excluding hydrogens is 685 g/mol. The summed E-state index contributed by atoms with van der Waals surface area (Å²) in [5.41, 5.74) is 4.35. The third-order valence-corrected chi connectivity index (χ3v) is 5.64. The van der Waals surface area contributed by atoms with Gasteiger partial charge in [-0.05, 0) is 56.1 Å². The van der Waals surface area contributed by atoms with Crippen LogP contribution in [-0.4, -0.2) is 29.6 Å². The van der Waals surface area contributed by atoms with E-state index in [9.17, 15) is 14.4 Å². The third kappa shape index (κ3) is 9.31. The Morgan fingerprint density at radius 2 is 1.97 bits per heavy atom. The maximum Gasteiger partial charge on any atom is 0.427 e. The summed E-state index contributed by atoms with van der Waals surface area (Å²) in [6, 6.07) is 5.55. The van der Waals surface area contributed by atoms with Crippen LogP contribution in [0.2, 0.25) is 5.02 Å². The first-order valence-corrected chi connectivity index (χ1v) is 12.8. The monoisotopic (exact) mass is 703 g/mol. The molecule has 0 saturated carbocycles. The molecule has 36 heavy (non-hydrogen) atoms. The van der Waals surface area contributed by atoms with Gasteiger partial charge in [0.25, 0.3) is 5.91 Å². The number of carbonyl (C=O) groups is 3. The van der Waals surface area contributed by atoms with Crippen molar-refractivity contribution < 1.29 is 19.1 Å². The van der Waals surface area contributed by atoms with Crippen LogP contribution in [0.3, 0.4) is 0 Å². The van der Waals surface area contributed by atoms with Crippen LogP contribution in [0.5, 0.6) is 0 Å². The lowest BCUT2D eigenvalue weighted by Crippen LogP contribution is -2.42. The Bertz CT molecular complexity index is 1200. The summed E-state index contributed by atoms with van der Waals surface area (Å²) in [5.74, 6) is 1.51. The molecule has 9 nitrogen and oxygen atoms in total. The van der Waals surface area contributed by atoms with Gasteiger partial charge in [0.1, 0.15) is 0 Å². The highest BCUT2D eigenvalue weighted by Crippen LogP contribution is 2.32. The van der Waals surface area contributed by atoms with E-state index in [4.69, 9.17) is 18.0 Å². The van der Waals surface area contributed by atoms with Crippen molar-refractivity contribution in [3.63, 3.8) is 0 Å². The fourth-order valence-corrected chi connectivity index (χ4v) is 4.05. The van der Waals surface area contributed by atoms with Crippen molar-refractivity contribution in [2.24, 2.45) is 0 Å². The van der Waals surface area contributed by atoms with Crippen LogP contribution in [0.1, 0.15) is 24.2 Å². The highest BCUT2D eigenvalue weighted by atomic mass is 79.9. The van der Waals surface area contributed by atoms with Crippen molar-refractivity contribution in [2.75, 3.05) is 16.8 Å². The largest absolute Gasteiger partial charge is 0.435 e. The molecule has 0 saturated heterocycles. The molecular formula is C23H21Br3ClN5O4. The summed E-state index contributed by atoms with van der Waals surface area (Å²) in [6.07, 6.45) is 8.41. The molecule has 0 spiro atoms. The molecule has 0 unspecified atom stereocenters. The predicted octanol–water partition coefficient (Wildman–Crippen LogP) is 6.75. The van der Waals surface area contributed by atoms with Crippen molar-refractivity contribution in [2.45, 2.75) is 13.8 Å². The molecule has 3 N–H and O–H groups in total. The molecule has 1 heterocycles. The fraction of sp³-hybridized carbons (Fsp3) is 0.130. The summed E-state index contributed by atoms with van der Waals surface area (Å²) in [4.78, 5) is 42.9. The number of ether oxygens (including phenoxy) is 1. The van der Waals surface area contributed by atoms with Crippen molar-refractivity contribution >= 4 is 88.9 Å². The predicted molar refractivity (Wildman–Crippen MR) is 152 cm³/mol. The average Bonchev–Trinajstić information content (AvgIpc) is 2.87. The fourth-order valence-electron chi connectivity index (χ4n) is 2.31. The van der Waals surface area contributed by atoms with Crippen LogP contribution in [-0.2, 0) is 4.74 Å². The third-order valence-electron chi connectivity index (χ3n) is 3.73. The molecule has 13 heteroatoms. The molecule has 2 aromatic rings. The molecule has 0 aliphatic heterocycles. The molecule has 4 amide bonds. The van der Waals surface area contributed by atoms with E-state index >= 15 is 0 Å². The lowest BCUT2D eigenvalue weighted by Gasteiger charge is -2.21. The topological polar surface area (TPSA) is 113 Å². The number of pyridine rings is 1. The Hall–Kier alpha value is -2.85. The zero-order valence-electron chi connectivity index (χ0n) is 19.1. The molecule has 190 valence electrons. The number of halogens is 4. The highest BCUT2D eigenvalue weighted by molar-refractivity contribution is 9.12. The number of nitrogens with one attached hydrogen (secondary N) is 3. The second-order valence-electron chi connectivity index (χ2n) is 6.00. The van der Waals surface area contributed by atoms with E-state index in [2.05, 4.69) is 86.2 Å². The molecule has 2 rings (SSSR count). The zero-order valence-corrected chi connectivity index (χ0v) is 24.6. The van der Waals surface area contributed by atoms with Crippen LogP contribution < -0.4 is 21.1 Å². The van der Waals surface area contributed by atoms with Crippen LogP contribution in [0.25, 0.3) is 0 Å². The quantitative estimate of drug-likeness (QED) is 0.175. The van der Waals surface area contributed by atoms with Gasteiger partial charge in [-0.1, -0.05) is 60.0 Å². The number of benzene rings is 1. The Balaban J connectivity index is 0.00000316. The molecule has 0 bridgehead atoms. The van der Waals surface area contributed by atoms with Crippen LogP contribution in [0.4, 0.5) is 21.1 Å². The van der Waals surface area contributed by atoms with Crippen LogP contribution >= 0.6 is 59.4 Å². The van der Waals surface area contributed by atoms with E-state index in [1.807, 2.05) is 13.8 Å². The van der Waals surface area contributed by atoms with Gasteiger partial charge in [0.05, 0.1) is 16.3 Å². The number of terminal acetylenes is 1. The second kappa shape index (κ2) is 16.0. The maximum absolute atomic E-state index is 13.3. The Kier molecular flexibility index (Phi) is 13.9. The molecule has 0 aliphatic rings. The Labute approximate surface area is 239 Å². The van der Waals surface area contributed by atoms with Gasteiger partial charge in [-0.15, -0.1) is 6.42 Å². The SMILES string of the molecule is C#CCOC(=O)NNC(=O)c1cc(Br)cc(Br)c1NC(=O)N(/C=C(/Br)C=C)c1ncccc1Cl.CC. The van der Waals surface area contributed by atoms with Crippen molar-refractivity contribution in [3.8, 4) is 12.3 Å². The lowest BCUT2D eigenvalue weighted by atomic mass is 10.1. The minimum Gasteiger partial charge on any atom is -0.435 e. The molecule has 0 fully saturated rings. The number of nitrogens with zero attached hydrogens (tertiary/aromatic N) is 2. The molecule has 1 aromatic carbocycles. The zero-order chi connectivity index (χ0) is 27.3. The summed E-state index contributed by atoms with van der Waals surface area (Å²) in [6.45, 7) is 7.37. The number of hydrogen-bond donors (Lipinski definition) is 3. The van der Waals surface area contributed by atoms with Gasteiger partial charge in [-0.3, -0.25) is 15.1 Å². The highest BCUT2D eigenvalue weighted by Gasteiger charge is 2.23. The maximum atomic E-state index is 13.3. The summed E-state index contributed by atoms with van der Waals surface area (Å²) < 4.78 is 5.98. The van der Waals surface area contributed by atoms with Crippen molar-refractivity contribution in [3.05, 3.63) is 73.3 Å². The molecule has 0 aliphatic carbocycles.